The smallest absolute Gasteiger partial charge is 0.274 e. The molecule has 0 spiro atoms. The molecular weight excluding hydrogens is 238 g/mol. The van der Waals surface area contributed by atoms with Gasteiger partial charge in [0.15, 0.2) is 5.69 Å². The van der Waals surface area contributed by atoms with Crippen LogP contribution < -0.4 is 0 Å². The van der Waals surface area contributed by atoms with Crippen molar-refractivity contribution in [2.24, 2.45) is 0 Å². The fourth-order valence-corrected chi connectivity index (χ4v) is 2.11. The zero-order valence-electron chi connectivity index (χ0n) is 11.5. The van der Waals surface area contributed by atoms with Gasteiger partial charge in [-0.15, -0.1) is 10.2 Å². The number of hydrogen-bond donors (Lipinski definition) is 0. The molecule has 0 N–H and O–H groups in total. The molecule has 0 aliphatic heterocycles. The maximum absolute atomic E-state index is 12.4. The van der Waals surface area contributed by atoms with Gasteiger partial charge in [-0.25, -0.2) is 0 Å². The number of fused-ring (bicyclic) bond motifs is 1. The number of amides is 1. The molecule has 2 rings (SSSR count). The predicted molar refractivity (Wildman–Crippen MR) is 76.0 cm³/mol. The zero-order chi connectivity index (χ0) is 13.7. The van der Waals surface area contributed by atoms with E-state index in [-0.39, 0.29) is 5.91 Å². The van der Waals surface area contributed by atoms with Crippen LogP contribution in [0.3, 0.4) is 0 Å². The minimum atomic E-state index is -0.0260. The lowest BCUT2D eigenvalue weighted by Gasteiger charge is -2.20. The summed E-state index contributed by atoms with van der Waals surface area (Å²) in [6.45, 7) is 5.67. The highest BCUT2D eigenvalue weighted by Crippen LogP contribution is 2.12. The van der Waals surface area contributed by atoms with Crippen LogP contribution >= 0.6 is 0 Å². The van der Waals surface area contributed by atoms with Gasteiger partial charge in [-0.2, -0.15) is 0 Å². The maximum Gasteiger partial charge on any atom is 0.274 e. The van der Waals surface area contributed by atoms with Crippen molar-refractivity contribution in [1.82, 2.24) is 15.1 Å². The Morgan fingerprint density at radius 1 is 1.11 bits per heavy atom. The van der Waals surface area contributed by atoms with Gasteiger partial charge in [-0.3, -0.25) is 4.79 Å². The Hall–Kier alpha value is -1.97. The number of aromatic nitrogens is 2. The highest BCUT2D eigenvalue weighted by molar-refractivity contribution is 5.95. The topological polar surface area (TPSA) is 46.1 Å². The number of hydrogen-bond acceptors (Lipinski definition) is 3. The van der Waals surface area contributed by atoms with Crippen molar-refractivity contribution >= 4 is 16.8 Å². The minimum absolute atomic E-state index is 0.0260. The van der Waals surface area contributed by atoms with E-state index < -0.39 is 0 Å². The lowest BCUT2D eigenvalue weighted by Crippen LogP contribution is -2.33. The van der Waals surface area contributed by atoms with Crippen LogP contribution in [0.1, 0.15) is 37.2 Å². The van der Waals surface area contributed by atoms with Crippen LogP contribution in [0.4, 0.5) is 0 Å². The zero-order valence-corrected chi connectivity index (χ0v) is 11.5. The number of carbonyl (C=O) groups is 1. The molecule has 0 aliphatic carbocycles. The molecule has 1 heterocycles. The van der Waals surface area contributed by atoms with Crippen LogP contribution in [0.2, 0.25) is 0 Å². The van der Waals surface area contributed by atoms with Gasteiger partial charge in [-0.1, -0.05) is 32.0 Å². The number of nitrogens with zero attached hydrogens (tertiary/aromatic N) is 3. The molecule has 1 aromatic heterocycles. The Bertz CT molecular complexity index is 562. The van der Waals surface area contributed by atoms with Crippen molar-refractivity contribution in [2.75, 3.05) is 13.1 Å². The quantitative estimate of drug-likeness (QED) is 0.827. The standard InChI is InChI=1S/C15H19N3O/c1-3-9-18(10-4-2)15(19)14-11-12-7-5-6-8-13(12)16-17-14/h5-8,11H,3-4,9-10H2,1-2H3. The summed E-state index contributed by atoms with van der Waals surface area (Å²) in [4.78, 5) is 14.2. The van der Waals surface area contributed by atoms with Crippen molar-refractivity contribution in [1.29, 1.82) is 0 Å². The van der Waals surface area contributed by atoms with E-state index in [1.54, 1.807) is 0 Å². The van der Waals surface area contributed by atoms with E-state index in [9.17, 15) is 4.79 Å². The second kappa shape index (κ2) is 6.27. The van der Waals surface area contributed by atoms with Crippen molar-refractivity contribution in [2.45, 2.75) is 26.7 Å². The average molecular weight is 257 g/mol. The molecule has 1 amide bonds. The molecule has 0 saturated heterocycles. The van der Waals surface area contributed by atoms with Crippen LogP contribution in [0, 0.1) is 0 Å². The summed E-state index contributed by atoms with van der Waals surface area (Å²) < 4.78 is 0. The summed E-state index contributed by atoms with van der Waals surface area (Å²) in [5.41, 5.74) is 1.25. The Balaban J connectivity index is 2.29. The molecule has 4 nitrogen and oxygen atoms in total. The first-order valence-corrected chi connectivity index (χ1v) is 6.78. The number of carbonyl (C=O) groups excluding carboxylic acids is 1. The van der Waals surface area contributed by atoms with E-state index in [2.05, 4.69) is 24.0 Å². The lowest BCUT2D eigenvalue weighted by atomic mass is 10.2. The van der Waals surface area contributed by atoms with Gasteiger partial charge in [-0.05, 0) is 25.0 Å². The Morgan fingerprint density at radius 3 is 2.47 bits per heavy atom. The van der Waals surface area contributed by atoms with Crippen molar-refractivity contribution in [3.8, 4) is 0 Å². The fourth-order valence-electron chi connectivity index (χ4n) is 2.11. The van der Waals surface area contributed by atoms with Gasteiger partial charge in [0.05, 0.1) is 5.52 Å². The maximum atomic E-state index is 12.4. The molecule has 4 heteroatoms. The van der Waals surface area contributed by atoms with Gasteiger partial charge >= 0.3 is 0 Å². The fraction of sp³-hybridized carbons (Fsp3) is 0.400. The van der Waals surface area contributed by atoms with Crippen LogP contribution in [-0.4, -0.2) is 34.1 Å². The van der Waals surface area contributed by atoms with Gasteiger partial charge in [0, 0.05) is 18.5 Å². The van der Waals surface area contributed by atoms with E-state index in [0.29, 0.717) is 5.69 Å². The molecule has 0 bridgehead atoms. The van der Waals surface area contributed by atoms with Crippen molar-refractivity contribution in [3.63, 3.8) is 0 Å². The van der Waals surface area contributed by atoms with Crippen molar-refractivity contribution in [3.05, 3.63) is 36.0 Å². The van der Waals surface area contributed by atoms with Gasteiger partial charge < -0.3 is 4.90 Å². The molecule has 1 aromatic carbocycles. The van der Waals surface area contributed by atoms with E-state index in [1.165, 1.54) is 0 Å². The molecule has 0 fully saturated rings. The summed E-state index contributed by atoms with van der Waals surface area (Å²) in [7, 11) is 0. The molecule has 0 radical (unpaired) electrons. The Kier molecular flexibility index (Phi) is 4.44. The van der Waals surface area contributed by atoms with Gasteiger partial charge in [0.25, 0.3) is 5.91 Å². The summed E-state index contributed by atoms with van der Waals surface area (Å²) in [6, 6.07) is 9.52. The third-order valence-corrected chi connectivity index (χ3v) is 2.99. The molecule has 19 heavy (non-hydrogen) atoms. The predicted octanol–water partition coefficient (Wildman–Crippen LogP) is 2.89. The minimum Gasteiger partial charge on any atom is -0.337 e. The normalized spacial score (nSPS) is 10.6. The number of rotatable bonds is 5. The molecule has 0 saturated carbocycles. The van der Waals surface area contributed by atoms with Crippen LogP contribution in [-0.2, 0) is 0 Å². The second-order valence-corrected chi connectivity index (χ2v) is 4.58. The van der Waals surface area contributed by atoms with Crippen LogP contribution in [0.25, 0.3) is 10.9 Å². The van der Waals surface area contributed by atoms with Gasteiger partial charge in [0.1, 0.15) is 0 Å². The van der Waals surface area contributed by atoms with E-state index in [0.717, 1.165) is 36.8 Å². The van der Waals surface area contributed by atoms with Gasteiger partial charge in [0.2, 0.25) is 0 Å². The van der Waals surface area contributed by atoms with Crippen LogP contribution in [0.15, 0.2) is 30.3 Å². The summed E-state index contributed by atoms with van der Waals surface area (Å²) in [6.07, 6.45) is 1.90. The van der Waals surface area contributed by atoms with E-state index in [1.807, 2.05) is 35.2 Å². The summed E-state index contributed by atoms with van der Waals surface area (Å²) in [5.74, 6) is -0.0260. The highest BCUT2D eigenvalue weighted by atomic mass is 16.2. The monoisotopic (exact) mass is 257 g/mol. The van der Waals surface area contributed by atoms with E-state index >= 15 is 0 Å². The first-order valence-electron chi connectivity index (χ1n) is 6.78. The van der Waals surface area contributed by atoms with Crippen LogP contribution in [0.5, 0.6) is 0 Å². The molecule has 2 aromatic rings. The summed E-state index contributed by atoms with van der Waals surface area (Å²) >= 11 is 0. The molecule has 0 atom stereocenters. The molecule has 0 unspecified atom stereocenters. The summed E-state index contributed by atoms with van der Waals surface area (Å²) in [5, 5.41) is 9.11. The molecular formula is C15H19N3O. The Morgan fingerprint density at radius 2 is 1.79 bits per heavy atom. The van der Waals surface area contributed by atoms with E-state index in [4.69, 9.17) is 0 Å². The highest BCUT2D eigenvalue weighted by Gasteiger charge is 2.16. The average Bonchev–Trinajstić information content (AvgIpc) is 2.46. The molecule has 100 valence electrons. The first-order chi connectivity index (χ1) is 9.26. The lowest BCUT2D eigenvalue weighted by molar-refractivity contribution is 0.0749. The third kappa shape index (κ3) is 3.08. The largest absolute Gasteiger partial charge is 0.337 e. The Labute approximate surface area is 113 Å². The number of benzene rings is 1. The third-order valence-electron chi connectivity index (χ3n) is 2.99. The first kappa shape index (κ1) is 13.5. The SMILES string of the molecule is CCCN(CCC)C(=O)c1cc2ccccc2nn1. The second-order valence-electron chi connectivity index (χ2n) is 4.58. The molecule has 0 aliphatic rings. The van der Waals surface area contributed by atoms with Crippen molar-refractivity contribution < 1.29 is 4.79 Å².